The van der Waals surface area contributed by atoms with E-state index in [-0.39, 0.29) is 0 Å². The first-order valence-corrected chi connectivity index (χ1v) is 4.18. The molecule has 0 spiro atoms. The first kappa shape index (κ1) is 7.74. The summed E-state index contributed by atoms with van der Waals surface area (Å²) in [6, 6.07) is 7.68. The van der Waals surface area contributed by atoms with Gasteiger partial charge in [0.2, 0.25) is 0 Å². The Morgan fingerprint density at radius 3 is 2.92 bits per heavy atom. The minimum atomic E-state index is -1.20. The van der Waals surface area contributed by atoms with Gasteiger partial charge in [0.25, 0.3) is 0 Å². The highest BCUT2D eigenvalue weighted by molar-refractivity contribution is 5.34. The molecular weight excluding hydrogens is 153 g/mol. The Hall–Kier alpha value is -0.890. The Labute approximate surface area is 71.6 Å². The Bertz CT molecular complexity index is 294. The van der Waals surface area contributed by atoms with Crippen LogP contribution in [0.1, 0.15) is 18.1 Å². The smallest absolute Gasteiger partial charge is 0.145 e. The molecular formula is C10H12FN. The molecule has 12 heavy (non-hydrogen) atoms. The van der Waals surface area contributed by atoms with E-state index in [2.05, 4.69) is 5.32 Å². The predicted octanol–water partition coefficient (Wildman–Crippen LogP) is 1.97. The van der Waals surface area contributed by atoms with Crippen molar-refractivity contribution in [2.24, 2.45) is 0 Å². The van der Waals surface area contributed by atoms with Crippen molar-refractivity contribution in [2.45, 2.75) is 19.1 Å². The number of benzene rings is 1. The van der Waals surface area contributed by atoms with Gasteiger partial charge >= 0.3 is 0 Å². The molecule has 1 aromatic carbocycles. The second-order valence-electron chi connectivity index (χ2n) is 3.46. The van der Waals surface area contributed by atoms with E-state index in [0.717, 1.165) is 17.7 Å². The Morgan fingerprint density at radius 1 is 1.42 bits per heavy atom. The minimum Gasteiger partial charge on any atom is -0.309 e. The van der Waals surface area contributed by atoms with Gasteiger partial charge in [-0.1, -0.05) is 24.3 Å². The molecule has 0 fully saturated rings. The summed E-state index contributed by atoms with van der Waals surface area (Å²) in [6.45, 7) is 2.83. The van der Waals surface area contributed by atoms with Gasteiger partial charge in [0, 0.05) is 13.1 Å². The first-order valence-electron chi connectivity index (χ1n) is 4.18. The molecule has 1 aromatic rings. The second-order valence-corrected chi connectivity index (χ2v) is 3.46. The highest BCUT2D eigenvalue weighted by Gasteiger charge is 2.30. The molecule has 0 amide bonds. The highest BCUT2D eigenvalue weighted by Crippen LogP contribution is 2.30. The lowest BCUT2D eigenvalue weighted by Crippen LogP contribution is -2.37. The maximum absolute atomic E-state index is 13.8. The van der Waals surface area contributed by atoms with Crippen LogP contribution in [0.2, 0.25) is 0 Å². The summed E-state index contributed by atoms with van der Waals surface area (Å²) in [5, 5.41) is 3.06. The highest BCUT2D eigenvalue weighted by atomic mass is 19.1. The number of fused-ring (bicyclic) bond motifs is 1. The monoisotopic (exact) mass is 165 g/mol. The largest absolute Gasteiger partial charge is 0.309 e. The van der Waals surface area contributed by atoms with Gasteiger partial charge in [-0.05, 0) is 18.1 Å². The number of rotatable bonds is 0. The van der Waals surface area contributed by atoms with Crippen LogP contribution in [0.5, 0.6) is 0 Å². The average Bonchev–Trinajstić information content (AvgIpc) is 2.04. The fourth-order valence-corrected chi connectivity index (χ4v) is 1.71. The van der Waals surface area contributed by atoms with Gasteiger partial charge < -0.3 is 5.32 Å². The van der Waals surface area contributed by atoms with Crippen molar-refractivity contribution in [3.05, 3.63) is 35.4 Å². The van der Waals surface area contributed by atoms with E-state index in [1.54, 1.807) is 6.92 Å². The van der Waals surface area contributed by atoms with Crippen LogP contribution in [-0.4, -0.2) is 6.54 Å². The molecule has 64 valence electrons. The van der Waals surface area contributed by atoms with Gasteiger partial charge in [0.15, 0.2) is 0 Å². The van der Waals surface area contributed by atoms with Gasteiger partial charge in [-0.15, -0.1) is 0 Å². The third-order valence-electron chi connectivity index (χ3n) is 2.35. The third-order valence-corrected chi connectivity index (χ3v) is 2.35. The summed E-state index contributed by atoms with van der Waals surface area (Å²) in [4.78, 5) is 0. The van der Waals surface area contributed by atoms with Crippen molar-refractivity contribution in [1.29, 1.82) is 0 Å². The lowest BCUT2D eigenvalue weighted by Gasteiger charge is -2.29. The maximum atomic E-state index is 13.8. The number of alkyl halides is 1. The zero-order valence-corrected chi connectivity index (χ0v) is 7.10. The van der Waals surface area contributed by atoms with Crippen molar-refractivity contribution in [3.8, 4) is 0 Å². The molecule has 0 aliphatic carbocycles. The van der Waals surface area contributed by atoms with Crippen LogP contribution in [0.4, 0.5) is 4.39 Å². The molecule has 1 nitrogen and oxygen atoms in total. The van der Waals surface area contributed by atoms with Crippen LogP contribution in [0, 0.1) is 0 Å². The average molecular weight is 165 g/mol. The van der Waals surface area contributed by atoms with E-state index in [9.17, 15) is 4.39 Å². The number of nitrogens with one attached hydrogen (secondary N) is 1. The minimum absolute atomic E-state index is 0.421. The molecule has 1 N–H and O–H groups in total. The van der Waals surface area contributed by atoms with E-state index in [1.165, 1.54) is 0 Å². The number of hydrogen-bond acceptors (Lipinski definition) is 1. The Morgan fingerprint density at radius 2 is 2.17 bits per heavy atom. The molecule has 1 aliphatic heterocycles. The van der Waals surface area contributed by atoms with Gasteiger partial charge in [-0.25, -0.2) is 4.39 Å². The molecule has 0 bridgehead atoms. The van der Waals surface area contributed by atoms with Crippen molar-refractivity contribution >= 4 is 0 Å². The Kier molecular flexibility index (Phi) is 1.65. The number of halogens is 1. The molecule has 1 atom stereocenters. The Balaban J connectivity index is 2.52. The molecule has 0 saturated carbocycles. The molecule has 1 unspecified atom stereocenters. The van der Waals surface area contributed by atoms with Crippen LogP contribution in [0.15, 0.2) is 24.3 Å². The second kappa shape index (κ2) is 2.56. The lowest BCUT2D eigenvalue weighted by molar-refractivity contribution is 0.173. The lowest BCUT2D eigenvalue weighted by atomic mass is 9.90. The van der Waals surface area contributed by atoms with Crippen LogP contribution in [-0.2, 0) is 12.2 Å². The summed E-state index contributed by atoms with van der Waals surface area (Å²) in [6.07, 6.45) is 0. The van der Waals surface area contributed by atoms with Crippen LogP contribution in [0.3, 0.4) is 0 Å². The first-order chi connectivity index (χ1) is 5.70. The zero-order valence-electron chi connectivity index (χ0n) is 7.10. The molecule has 2 heteroatoms. The summed E-state index contributed by atoms with van der Waals surface area (Å²) in [7, 11) is 0. The molecule has 0 radical (unpaired) electrons. The molecule has 0 saturated heterocycles. The van der Waals surface area contributed by atoms with Crippen LogP contribution in [0.25, 0.3) is 0 Å². The molecule has 1 aliphatic rings. The normalized spacial score (nSPS) is 28.2. The molecule has 2 rings (SSSR count). The molecule has 1 heterocycles. The summed E-state index contributed by atoms with van der Waals surface area (Å²) < 4.78 is 13.8. The summed E-state index contributed by atoms with van der Waals surface area (Å²) in [5.41, 5.74) is 0.715. The van der Waals surface area contributed by atoms with Gasteiger partial charge in [0.1, 0.15) is 5.67 Å². The topological polar surface area (TPSA) is 12.0 Å². The number of hydrogen-bond donors (Lipinski definition) is 1. The van der Waals surface area contributed by atoms with E-state index < -0.39 is 5.67 Å². The van der Waals surface area contributed by atoms with Gasteiger partial charge in [0.05, 0.1) is 0 Å². The zero-order chi connectivity index (χ0) is 8.60. The van der Waals surface area contributed by atoms with Crippen molar-refractivity contribution in [1.82, 2.24) is 5.32 Å². The fraction of sp³-hybridized carbons (Fsp3) is 0.400. The maximum Gasteiger partial charge on any atom is 0.145 e. The quantitative estimate of drug-likeness (QED) is 0.619. The third kappa shape index (κ3) is 1.12. The van der Waals surface area contributed by atoms with E-state index in [0.29, 0.717) is 6.54 Å². The van der Waals surface area contributed by atoms with Gasteiger partial charge in [-0.2, -0.15) is 0 Å². The van der Waals surface area contributed by atoms with E-state index in [1.807, 2.05) is 24.3 Å². The van der Waals surface area contributed by atoms with Gasteiger partial charge in [-0.3, -0.25) is 0 Å². The van der Waals surface area contributed by atoms with Crippen molar-refractivity contribution in [2.75, 3.05) is 6.54 Å². The molecule has 0 aromatic heterocycles. The fourth-order valence-electron chi connectivity index (χ4n) is 1.71. The van der Waals surface area contributed by atoms with E-state index in [4.69, 9.17) is 0 Å². The van der Waals surface area contributed by atoms with Crippen molar-refractivity contribution < 1.29 is 4.39 Å². The van der Waals surface area contributed by atoms with Crippen molar-refractivity contribution in [3.63, 3.8) is 0 Å². The van der Waals surface area contributed by atoms with E-state index >= 15 is 0 Å². The summed E-state index contributed by atoms with van der Waals surface area (Å²) >= 11 is 0. The summed E-state index contributed by atoms with van der Waals surface area (Å²) in [5.74, 6) is 0. The standard InChI is InChI=1S/C10H12FN/c1-10(11)7-12-6-8-4-2-3-5-9(8)10/h2-5,12H,6-7H2,1H3. The SMILES string of the molecule is CC1(F)CNCc2ccccc21. The predicted molar refractivity (Wildman–Crippen MR) is 46.6 cm³/mol. The van der Waals surface area contributed by atoms with Crippen LogP contribution < -0.4 is 5.32 Å². The van der Waals surface area contributed by atoms with Crippen LogP contribution >= 0.6 is 0 Å².